The number of rotatable bonds is 4. The van der Waals surface area contributed by atoms with Gasteiger partial charge >= 0.3 is 0 Å². The van der Waals surface area contributed by atoms with Crippen LogP contribution in [-0.4, -0.2) is 33.7 Å². The minimum Gasteiger partial charge on any atom is -0.396 e. The summed E-state index contributed by atoms with van der Waals surface area (Å²) < 4.78 is 1.58. The van der Waals surface area contributed by atoms with E-state index in [-0.39, 0.29) is 12.5 Å². The van der Waals surface area contributed by atoms with Crippen molar-refractivity contribution in [3.8, 4) is 0 Å². The van der Waals surface area contributed by atoms with Gasteiger partial charge in [-0.1, -0.05) is 0 Å². The van der Waals surface area contributed by atoms with Gasteiger partial charge in [0, 0.05) is 19.3 Å². The number of amides is 1. The highest BCUT2D eigenvalue weighted by atomic mass is 16.2. The van der Waals surface area contributed by atoms with Crippen molar-refractivity contribution in [2.24, 2.45) is 5.92 Å². The average Bonchev–Trinajstić information content (AvgIpc) is 3.02. The van der Waals surface area contributed by atoms with Crippen molar-refractivity contribution in [3.05, 3.63) is 12.4 Å². The first kappa shape index (κ1) is 11.0. The molecule has 1 atom stereocenters. The molecule has 1 unspecified atom stereocenters. The molecular weight excluding hydrogens is 204 g/mol. The van der Waals surface area contributed by atoms with Crippen LogP contribution in [0.15, 0.2) is 12.4 Å². The van der Waals surface area contributed by atoms with E-state index in [9.17, 15) is 4.79 Å². The second kappa shape index (κ2) is 4.15. The normalized spacial score (nSPS) is 17.1. The van der Waals surface area contributed by atoms with Gasteiger partial charge in [-0.2, -0.15) is 5.10 Å². The number of likely N-dealkylation sites (N-methyl/N-ethyl adjacent to an activating group) is 1. The molecule has 0 saturated heterocycles. The van der Waals surface area contributed by atoms with Gasteiger partial charge < -0.3 is 10.6 Å². The Morgan fingerprint density at radius 2 is 2.44 bits per heavy atom. The smallest absolute Gasteiger partial charge is 0.244 e. The predicted molar refractivity (Wildman–Crippen MR) is 61.6 cm³/mol. The topological polar surface area (TPSA) is 64.2 Å². The summed E-state index contributed by atoms with van der Waals surface area (Å²) in [5.41, 5.74) is 6.13. The number of carbonyl (C=O) groups excluding carboxylic acids is 1. The van der Waals surface area contributed by atoms with Gasteiger partial charge in [-0.05, 0) is 25.7 Å². The third-order valence-electron chi connectivity index (χ3n) is 3.26. The van der Waals surface area contributed by atoms with E-state index < -0.39 is 0 Å². The van der Waals surface area contributed by atoms with Crippen molar-refractivity contribution >= 4 is 11.6 Å². The minimum atomic E-state index is 0.0856. The van der Waals surface area contributed by atoms with Crippen LogP contribution in [0, 0.1) is 5.92 Å². The molecule has 1 aliphatic carbocycles. The molecule has 0 aliphatic heterocycles. The zero-order valence-electron chi connectivity index (χ0n) is 9.76. The zero-order valence-corrected chi connectivity index (χ0v) is 9.76. The third kappa shape index (κ3) is 2.35. The first-order chi connectivity index (χ1) is 7.58. The molecule has 1 aromatic heterocycles. The molecule has 16 heavy (non-hydrogen) atoms. The van der Waals surface area contributed by atoms with E-state index in [1.165, 1.54) is 12.8 Å². The molecule has 1 saturated carbocycles. The summed E-state index contributed by atoms with van der Waals surface area (Å²) >= 11 is 0. The lowest BCUT2D eigenvalue weighted by atomic mass is 10.2. The Labute approximate surface area is 95.2 Å². The number of anilines is 1. The molecule has 5 heteroatoms. The van der Waals surface area contributed by atoms with E-state index >= 15 is 0 Å². The first-order valence-electron chi connectivity index (χ1n) is 5.61. The van der Waals surface area contributed by atoms with Crippen LogP contribution in [0.1, 0.15) is 19.8 Å². The second-order valence-electron chi connectivity index (χ2n) is 4.55. The molecule has 2 N–H and O–H groups in total. The Hall–Kier alpha value is -1.52. The van der Waals surface area contributed by atoms with Gasteiger partial charge in [-0.15, -0.1) is 0 Å². The van der Waals surface area contributed by atoms with E-state index in [0.717, 1.165) is 0 Å². The number of nitrogen functional groups attached to an aromatic ring is 1. The monoisotopic (exact) mass is 222 g/mol. The van der Waals surface area contributed by atoms with Crippen LogP contribution < -0.4 is 5.73 Å². The summed E-state index contributed by atoms with van der Waals surface area (Å²) in [6.45, 7) is 2.37. The summed E-state index contributed by atoms with van der Waals surface area (Å²) in [6.07, 6.45) is 5.71. The van der Waals surface area contributed by atoms with Crippen LogP contribution in [0.3, 0.4) is 0 Å². The number of carbonyl (C=O) groups is 1. The van der Waals surface area contributed by atoms with Crippen LogP contribution in [0.5, 0.6) is 0 Å². The number of aromatic nitrogens is 2. The summed E-state index contributed by atoms with van der Waals surface area (Å²) in [4.78, 5) is 13.7. The quantitative estimate of drug-likeness (QED) is 0.816. The molecular formula is C11H18N4O. The lowest BCUT2D eigenvalue weighted by molar-refractivity contribution is -0.132. The Balaban J connectivity index is 1.91. The van der Waals surface area contributed by atoms with Crippen LogP contribution in [0.4, 0.5) is 5.69 Å². The Morgan fingerprint density at radius 3 is 2.94 bits per heavy atom. The molecule has 1 aromatic rings. The number of nitrogens with two attached hydrogens (primary N) is 1. The minimum absolute atomic E-state index is 0.0856. The molecule has 88 valence electrons. The maximum absolute atomic E-state index is 11.9. The van der Waals surface area contributed by atoms with Gasteiger partial charge in [0.05, 0.1) is 11.9 Å². The van der Waals surface area contributed by atoms with Crippen molar-refractivity contribution in [2.45, 2.75) is 32.4 Å². The number of nitrogens with zero attached hydrogens (tertiary/aromatic N) is 3. The average molecular weight is 222 g/mol. The Morgan fingerprint density at radius 1 is 1.75 bits per heavy atom. The molecule has 1 amide bonds. The van der Waals surface area contributed by atoms with Crippen LogP contribution >= 0.6 is 0 Å². The van der Waals surface area contributed by atoms with Crippen molar-refractivity contribution in [1.29, 1.82) is 0 Å². The SMILES string of the molecule is CC(C1CC1)N(C)C(=O)Cn1cc(N)cn1. The van der Waals surface area contributed by atoms with E-state index in [0.29, 0.717) is 17.6 Å². The largest absolute Gasteiger partial charge is 0.396 e. The van der Waals surface area contributed by atoms with E-state index in [1.54, 1.807) is 17.1 Å². The Bertz CT molecular complexity index is 383. The highest BCUT2D eigenvalue weighted by Gasteiger charge is 2.32. The molecule has 1 heterocycles. The van der Waals surface area contributed by atoms with Gasteiger partial charge in [0.15, 0.2) is 0 Å². The molecule has 0 spiro atoms. The first-order valence-corrected chi connectivity index (χ1v) is 5.61. The van der Waals surface area contributed by atoms with Crippen LogP contribution in [0.2, 0.25) is 0 Å². The number of hydrogen-bond donors (Lipinski definition) is 1. The predicted octanol–water partition coefficient (Wildman–Crippen LogP) is 0.722. The van der Waals surface area contributed by atoms with Crippen molar-refractivity contribution in [3.63, 3.8) is 0 Å². The molecule has 1 fully saturated rings. The summed E-state index contributed by atoms with van der Waals surface area (Å²) in [6, 6.07) is 0.334. The van der Waals surface area contributed by atoms with Crippen LogP contribution in [-0.2, 0) is 11.3 Å². The lowest BCUT2D eigenvalue weighted by Crippen LogP contribution is -2.38. The molecule has 5 nitrogen and oxygen atoms in total. The fourth-order valence-electron chi connectivity index (χ4n) is 1.84. The van der Waals surface area contributed by atoms with Crippen molar-refractivity contribution < 1.29 is 4.79 Å². The van der Waals surface area contributed by atoms with E-state index in [1.807, 2.05) is 11.9 Å². The van der Waals surface area contributed by atoms with Gasteiger partial charge in [0.2, 0.25) is 5.91 Å². The summed E-state index contributed by atoms with van der Waals surface area (Å²) in [5, 5.41) is 4.00. The third-order valence-corrected chi connectivity index (χ3v) is 3.26. The second-order valence-corrected chi connectivity index (χ2v) is 4.55. The molecule has 2 rings (SSSR count). The van der Waals surface area contributed by atoms with Gasteiger partial charge in [-0.3, -0.25) is 9.48 Å². The van der Waals surface area contributed by atoms with Gasteiger partial charge in [-0.25, -0.2) is 0 Å². The molecule has 1 aliphatic rings. The highest BCUT2D eigenvalue weighted by Crippen LogP contribution is 2.34. The molecule has 0 aromatic carbocycles. The molecule has 0 radical (unpaired) electrons. The van der Waals surface area contributed by atoms with E-state index in [4.69, 9.17) is 5.73 Å². The van der Waals surface area contributed by atoms with Crippen LogP contribution in [0.25, 0.3) is 0 Å². The summed E-state index contributed by atoms with van der Waals surface area (Å²) in [5.74, 6) is 0.777. The summed E-state index contributed by atoms with van der Waals surface area (Å²) in [7, 11) is 1.86. The van der Waals surface area contributed by atoms with Gasteiger partial charge in [0.1, 0.15) is 6.54 Å². The fourth-order valence-corrected chi connectivity index (χ4v) is 1.84. The van der Waals surface area contributed by atoms with Crippen molar-refractivity contribution in [1.82, 2.24) is 14.7 Å². The fraction of sp³-hybridized carbons (Fsp3) is 0.636. The van der Waals surface area contributed by atoms with E-state index in [2.05, 4.69) is 12.0 Å². The van der Waals surface area contributed by atoms with Crippen molar-refractivity contribution in [2.75, 3.05) is 12.8 Å². The van der Waals surface area contributed by atoms with Gasteiger partial charge in [0.25, 0.3) is 0 Å². The maximum Gasteiger partial charge on any atom is 0.244 e. The standard InChI is InChI=1S/C11H18N4O/c1-8(9-3-4-9)14(2)11(16)7-15-6-10(12)5-13-15/h5-6,8-9H,3-4,7,12H2,1-2H3. The Kier molecular flexibility index (Phi) is 2.85. The molecule has 0 bridgehead atoms. The zero-order chi connectivity index (χ0) is 11.7. The highest BCUT2D eigenvalue weighted by molar-refractivity contribution is 5.76. The maximum atomic E-state index is 11.9. The number of hydrogen-bond acceptors (Lipinski definition) is 3. The lowest BCUT2D eigenvalue weighted by Gasteiger charge is -2.24.